The van der Waals surface area contributed by atoms with E-state index < -0.39 is 0 Å². The second-order valence-corrected chi connectivity index (χ2v) is 3.56. The summed E-state index contributed by atoms with van der Waals surface area (Å²) in [6.45, 7) is 0. The normalized spacial score (nSPS) is 8.40. The van der Waals surface area contributed by atoms with Crippen molar-refractivity contribution in [2.75, 3.05) is 0 Å². The van der Waals surface area contributed by atoms with Crippen LogP contribution in [0.2, 0.25) is 0 Å². The van der Waals surface area contributed by atoms with E-state index >= 15 is 0 Å². The van der Waals surface area contributed by atoms with Gasteiger partial charge in [-0.3, -0.25) is 9.59 Å². The Hall–Kier alpha value is -3.13. The fourth-order valence-corrected chi connectivity index (χ4v) is 1.72. The highest BCUT2D eigenvalue weighted by molar-refractivity contribution is 5.92. The molecule has 20 heavy (non-hydrogen) atoms. The van der Waals surface area contributed by atoms with Crippen molar-refractivity contribution in [2.45, 2.75) is 0 Å². The summed E-state index contributed by atoms with van der Waals surface area (Å²) in [6, 6.07) is 18.6. The molecule has 0 aliphatic carbocycles. The van der Waals surface area contributed by atoms with Crippen LogP contribution in [0.1, 0.15) is 0 Å². The Kier molecular flexibility index (Phi) is 6.01. The zero-order valence-corrected chi connectivity index (χ0v) is 10.4. The third-order valence-electron chi connectivity index (χ3n) is 2.43. The minimum Gasteiger partial charge on any atom is -0.724 e. The van der Waals surface area contributed by atoms with E-state index in [1.807, 2.05) is 36.4 Å². The molecule has 5 nitrogen and oxygen atoms in total. The minimum absolute atomic E-state index is 0.500. The van der Waals surface area contributed by atoms with Crippen molar-refractivity contribution in [3.05, 3.63) is 65.4 Å². The van der Waals surface area contributed by atoms with Crippen molar-refractivity contribution >= 4 is 34.0 Å². The zero-order valence-electron chi connectivity index (χ0n) is 10.4. The van der Waals surface area contributed by atoms with Crippen LogP contribution in [0.15, 0.2) is 54.6 Å². The molecule has 0 fully saturated rings. The van der Waals surface area contributed by atoms with E-state index in [1.165, 1.54) is 10.8 Å². The van der Waals surface area contributed by atoms with Crippen LogP contribution < -0.4 is 0 Å². The van der Waals surface area contributed by atoms with Crippen LogP contribution in [0.5, 0.6) is 0 Å². The molecule has 0 saturated carbocycles. The Labute approximate surface area is 114 Å². The van der Waals surface area contributed by atoms with Gasteiger partial charge < -0.3 is 10.8 Å². The van der Waals surface area contributed by atoms with Crippen LogP contribution in [-0.4, -0.2) is 17.1 Å². The minimum atomic E-state index is 0.500. The molecule has 0 radical (unpaired) electrons. The van der Waals surface area contributed by atoms with E-state index in [4.69, 9.17) is 20.4 Å². The SMILES string of the molecule is [N-]=C=O.[N-]=C=O.c1ccc2nc3ccccc3cc2c1. The second-order valence-electron chi connectivity index (χ2n) is 3.56. The van der Waals surface area contributed by atoms with Gasteiger partial charge in [-0.05, 0) is 30.4 Å². The highest BCUT2D eigenvalue weighted by Gasteiger charge is 1.96. The van der Waals surface area contributed by atoms with Gasteiger partial charge in [0.2, 0.25) is 0 Å². The highest BCUT2D eigenvalue weighted by Crippen LogP contribution is 2.18. The molecule has 0 N–H and O–H groups in total. The number of nitrogens with zero attached hydrogens (tertiary/aromatic N) is 3. The Morgan fingerprint density at radius 3 is 1.50 bits per heavy atom. The largest absolute Gasteiger partial charge is 0.724 e. The summed E-state index contributed by atoms with van der Waals surface area (Å²) in [6.07, 6.45) is 1.00. The van der Waals surface area contributed by atoms with E-state index in [0.29, 0.717) is 12.2 Å². The molecule has 0 unspecified atom stereocenters. The zero-order chi connectivity index (χ0) is 14.8. The van der Waals surface area contributed by atoms with E-state index in [0.717, 1.165) is 11.0 Å². The third-order valence-corrected chi connectivity index (χ3v) is 2.43. The number of para-hydroxylation sites is 2. The smallest absolute Gasteiger partial charge is 0.0709 e. The summed E-state index contributed by atoms with van der Waals surface area (Å²) in [5, 5.41) is 15.9. The van der Waals surface area contributed by atoms with Crippen LogP contribution in [0, 0.1) is 0 Å². The quantitative estimate of drug-likeness (QED) is 0.354. The van der Waals surface area contributed by atoms with Gasteiger partial charge in [-0.1, -0.05) is 36.4 Å². The van der Waals surface area contributed by atoms with Crippen LogP contribution >= 0.6 is 0 Å². The highest BCUT2D eigenvalue weighted by atomic mass is 16.1. The molecule has 0 amide bonds. The number of pyridine rings is 1. The topological polar surface area (TPSA) is 91.6 Å². The second kappa shape index (κ2) is 8.06. The molecule has 1 heterocycles. The number of aromatic nitrogens is 1. The summed E-state index contributed by atoms with van der Waals surface area (Å²) in [5.41, 5.74) is 2.12. The van der Waals surface area contributed by atoms with Crippen molar-refractivity contribution in [3.8, 4) is 0 Å². The number of benzene rings is 2. The van der Waals surface area contributed by atoms with Gasteiger partial charge in [0.15, 0.2) is 0 Å². The van der Waals surface area contributed by atoms with Crippen molar-refractivity contribution in [2.24, 2.45) is 0 Å². The first-order chi connectivity index (χ1) is 9.76. The molecule has 0 aliphatic rings. The number of rotatable bonds is 0. The molecule has 3 rings (SSSR count). The van der Waals surface area contributed by atoms with Gasteiger partial charge in [-0.25, -0.2) is 4.98 Å². The maximum Gasteiger partial charge on any atom is 0.0709 e. The fraction of sp³-hybridized carbons (Fsp3) is 0. The number of hydrogen-bond acceptors (Lipinski definition) is 3. The van der Waals surface area contributed by atoms with Gasteiger partial charge in [0.05, 0.1) is 11.0 Å². The Morgan fingerprint density at radius 2 is 1.10 bits per heavy atom. The van der Waals surface area contributed by atoms with E-state index in [9.17, 15) is 0 Å². The van der Waals surface area contributed by atoms with Crippen LogP contribution in [-0.2, 0) is 9.59 Å². The fourth-order valence-electron chi connectivity index (χ4n) is 1.72. The first-order valence-corrected chi connectivity index (χ1v) is 5.53. The lowest BCUT2D eigenvalue weighted by atomic mass is 10.1. The molecule has 0 saturated heterocycles. The average molecular weight is 263 g/mol. The van der Waals surface area contributed by atoms with Gasteiger partial charge >= 0.3 is 0 Å². The molecule has 5 heteroatoms. The first kappa shape index (κ1) is 14.9. The first-order valence-electron chi connectivity index (χ1n) is 5.53. The summed E-state index contributed by atoms with van der Waals surface area (Å²) in [5.74, 6) is 0. The lowest BCUT2D eigenvalue weighted by molar-refractivity contribution is 0.568. The van der Waals surface area contributed by atoms with E-state index in [1.54, 1.807) is 0 Å². The summed E-state index contributed by atoms with van der Waals surface area (Å²) < 4.78 is 0. The predicted octanol–water partition coefficient (Wildman–Crippen LogP) is 3.17. The Bertz CT molecular complexity index is 655. The lowest BCUT2D eigenvalue weighted by Gasteiger charge is -1.99. The molecule has 98 valence electrons. The van der Waals surface area contributed by atoms with Crippen LogP contribution in [0.25, 0.3) is 32.6 Å². The maximum atomic E-state index is 8.24. The van der Waals surface area contributed by atoms with Crippen LogP contribution in [0.4, 0.5) is 0 Å². The van der Waals surface area contributed by atoms with Crippen molar-refractivity contribution < 1.29 is 9.59 Å². The van der Waals surface area contributed by atoms with Crippen molar-refractivity contribution in [3.63, 3.8) is 0 Å². The van der Waals surface area contributed by atoms with Gasteiger partial charge in [0.1, 0.15) is 0 Å². The van der Waals surface area contributed by atoms with Gasteiger partial charge in [-0.2, -0.15) is 0 Å². The molecule has 1 aromatic heterocycles. The number of carbonyl (C=O) groups excluding carboxylic acids is 2. The monoisotopic (exact) mass is 263 g/mol. The molecule has 0 spiro atoms. The Balaban J connectivity index is 0.000000290. The van der Waals surface area contributed by atoms with Crippen molar-refractivity contribution in [1.29, 1.82) is 0 Å². The molecular formula is C15H9N3O2-2. The third kappa shape index (κ3) is 3.96. The van der Waals surface area contributed by atoms with E-state index in [2.05, 4.69) is 23.2 Å². The van der Waals surface area contributed by atoms with Gasteiger partial charge in [0.25, 0.3) is 0 Å². The van der Waals surface area contributed by atoms with Crippen LogP contribution in [0.3, 0.4) is 0 Å². The molecule has 0 aliphatic heterocycles. The lowest BCUT2D eigenvalue weighted by Crippen LogP contribution is -1.80. The maximum absolute atomic E-state index is 8.24. The van der Waals surface area contributed by atoms with Gasteiger partial charge in [0, 0.05) is 10.8 Å². The van der Waals surface area contributed by atoms with E-state index in [-0.39, 0.29) is 0 Å². The Morgan fingerprint density at radius 1 is 0.750 bits per heavy atom. The number of hydrogen-bond donors (Lipinski definition) is 0. The number of isocyanates is 2. The summed E-state index contributed by atoms with van der Waals surface area (Å²) >= 11 is 0. The predicted molar refractivity (Wildman–Crippen MR) is 77.4 cm³/mol. The molecule has 2 aromatic carbocycles. The van der Waals surface area contributed by atoms with Crippen molar-refractivity contribution in [1.82, 2.24) is 4.98 Å². The number of fused-ring (bicyclic) bond motifs is 2. The molecule has 3 aromatic rings. The standard InChI is InChI=1S/C13H9N.2CNO/c1-3-7-12-10(5-1)9-11-6-2-4-8-13(11)14-12;2*2-1-3/h1-9H;;/q;2*-1. The average Bonchev–Trinajstić information content (AvgIpc) is 2.47. The summed E-state index contributed by atoms with van der Waals surface area (Å²) in [4.78, 5) is 21.0. The molecular weight excluding hydrogens is 254 g/mol. The summed E-state index contributed by atoms with van der Waals surface area (Å²) in [7, 11) is 0. The molecule has 0 bridgehead atoms. The van der Waals surface area contributed by atoms with Gasteiger partial charge in [-0.15, -0.1) is 0 Å². The molecule has 0 atom stereocenters.